The summed E-state index contributed by atoms with van der Waals surface area (Å²) < 4.78 is 5.43. The van der Waals surface area contributed by atoms with Crippen molar-refractivity contribution in [1.82, 2.24) is 10.3 Å². The van der Waals surface area contributed by atoms with Crippen molar-refractivity contribution >= 4 is 23.6 Å². The summed E-state index contributed by atoms with van der Waals surface area (Å²) in [6.07, 6.45) is 4.30. The molecule has 2 heterocycles. The number of hydrogen-bond donors (Lipinski definition) is 1. The molecule has 0 unspecified atom stereocenters. The number of nitrogens with one attached hydrogen (secondary N) is 1. The van der Waals surface area contributed by atoms with Crippen LogP contribution < -0.4 is 5.32 Å². The van der Waals surface area contributed by atoms with Gasteiger partial charge in [0.25, 0.3) is 5.91 Å². The zero-order chi connectivity index (χ0) is 18.4. The van der Waals surface area contributed by atoms with Gasteiger partial charge in [-0.15, -0.1) is 11.8 Å². The maximum Gasteiger partial charge on any atom is 0.324 e. The summed E-state index contributed by atoms with van der Waals surface area (Å²) in [5.74, 6) is 0.254. The third-order valence-electron chi connectivity index (χ3n) is 4.33. The molecular formula is C20H22N2O3S. The SMILES string of the molecule is C[C@@H](OC(=O)[C@H]1SCCc2ccccc21)C(=O)NCCc1ccncc1. The Hall–Kier alpha value is -2.34. The Morgan fingerprint density at radius 3 is 2.85 bits per heavy atom. The summed E-state index contributed by atoms with van der Waals surface area (Å²) in [5, 5.41) is 2.46. The Labute approximate surface area is 157 Å². The average molecular weight is 370 g/mol. The maximum atomic E-state index is 12.5. The molecule has 0 bridgehead atoms. The zero-order valence-corrected chi connectivity index (χ0v) is 15.5. The van der Waals surface area contributed by atoms with Gasteiger partial charge in [-0.3, -0.25) is 14.6 Å². The van der Waals surface area contributed by atoms with E-state index < -0.39 is 6.10 Å². The molecule has 5 nitrogen and oxygen atoms in total. The van der Waals surface area contributed by atoms with Gasteiger partial charge in [-0.05, 0) is 54.3 Å². The van der Waals surface area contributed by atoms with Crippen LogP contribution in [0.25, 0.3) is 0 Å². The van der Waals surface area contributed by atoms with Crippen molar-refractivity contribution in [3.63, 3.8) is 0 Å². The monoisotopic (exact) mass is 370 g/mol. The van der Waals surface area contributed by atoms with Gasteiger partial charge in [0.1, 0.15) is 5.25 Å². The summed E-state index contributed by atoms with van der Waals surface area (Å²) >= 11 is 1.57. The Kier molecular flexibility index (Phi) is 6.28. The quantitative estimate of drug-likeness (QED) is 0.792. The molecule has 1 aliphatic rings. The Bertz CT molecular complexity index is 767. The van der Waals surface area contributed by atoms with Gasteiger partial charge in [0.15, 0.2) is 6.10 Å². The number of rotatable bonds is 6. The van der Waals surface area contributed by atoms with E-state index in [1.165, 1.54) is 5.56 Å². The molecule has 1 aliphatic heterocycles. The minimum atomic E-state index is -0.811. The molecule has 0 saturated heterocycles. The van der Waals surface area contributed by atoms with Crippen LogP contribution >= 0.6 is 11.8 Å². The highest BCUT2D eigenvalue weighted by molar-refractivity contribution is 8.00. The highest BCUT2D eigenvalue weighted by Gasteiger charge is 2.30. The second kappa shape index (κ2) is 8.85. The molecule has 1 amide bonds. The molecule has 2 atom stereocenters. The first kappa shape index (κ1) is 18.5. The third kappa shape index (κ3) is 4.64. The molecule has 2 aromatic rings. The lowest BCUT2D eigenvalue weighted by Gasteiger charge is -2.24. The number of ether oxygens (including phenoxy) is 1. The normalized spacial score (nSPS) is 17.0. The van der Waals surface area contributed by atoms with Crippen molar-refractivity contribution in [2.75, 3.05) is 12.3 Å². The van der Waals surface area contributed by atoms with Crippen LogP contribution in [0.15, 0.2) is 48.8 Å². The number of nitrogens with zero attached hydrogens (tertiary/aromatic N) is 1. The third-order valence-corrected chi connectivity index (χ3v) is 5.55. The topological polar surface area (TPSA) is 68.3 Å². The van der Waals surface area contributed by atoms with Gasteiger partial charge in [0, 0.05) is 18.9 Å². The number of esters is 1. The van der Waals surface area contributed by atoms with Crippen LogP contribution in [0.1, 0.15) is 28.9 Å². The number of thioether (sulfide) groups is 1. The van der Waals surface area contributed by atoms with Gasteiger partial charge in [0.2, 0.25) is 0 Å². The fourth-order valence-corrected chi connectivity index (χ4v) is 4.08. The second-order valence-electron chi connectivity index (χ2n) is 6.18. The Balaban J connectivity index is 1.50. The molecular weight excluding hydrogens is 348 g/mol. The molecule has 0 aliphatic carbocycles. The van der Waals surface area contributed by atoms with Gasteiger partial charge in [-0.25, -0.2) is 0 Å². The van der Waals surface area contributed by atoms with E-state index in [0.29, 0.717) is 13.0 Å². The largest absolute Gasteiger partial charge is 0.451 e. The van der Waals surface area contributed by atoms with E-state index in [2.05, 4.69) is 10.3 Å². The summed E-state index contributed by atoms with van der Waals surface area (Å²) in [4.78, 5) is 28.7. The van der Waals surface area contributed by atoms with Crippen LogP contribution in [0, 0.1) is 0 Å². The van der Waals surface area contributed by atoms with Gasteiger partial charge < -0.3 is 10.1 Å². The van der Waals surface area contributed by atoms with E-state index in [4.69, 9.17) is 4.74 Å². The summed E-state index contributed by atoms with van der Waals surface area (Å²) in [5.41, 5.74) is 3.28. The van der Waals surface area contributed by atoms with E-state index in [9.17, 15) is 9.59 Å². The van der Waals surface area contributed by atoms with Crippen molar-refractivity contribution in [3.8, 4) is 0 Å². The average Bonchev–Trinajstić information content (AvgIpc) is 2.68. The van der Waals surface area contributed by atoms with Crippen molar-refractivity contribution in [2.45, 2.75) is 31.1 Å². The fraction of sp³-hybridized carbons (Fsp3) is 0.350. The van der Waals surface area contributed by atoms with Gasteiger partial charge >= 0.3 is 5.97 Å². The number of aryl methyl sites for hydroxylation is 1. The predicted octanol–water partition coefficient (Wildman–Crippen LogP) is 2.70. The Morgan fingerprint density at radius 2 is 2.04 bits per heavy atom. The van der Waals surface area contributed by atoms with Crippen LogP contribution in [0.3, 0.4) is 0 Å². The van der Waals surface area contributed by atoms with Crippen LogP contribution in [-0.4, -0.2) is 35.3 Å². The second-order valence-corrected chi connectivity index (χ2v) is 7.39. The van der Waals surface area contributed by atoms with E-state index in [0.717, 1.165) is 23.3 Å². The number of carbonyl (C=O) groups is 2. The molecule has 0 spiro atoms. The molecule has 0 saturated carbocycles. The molecule has 1 aromatic carbocycles. The van der Waals surface area contributed by atoms with E-state index >= 15 is 0 Å². The molecule has 3 rings (SSSR count). The lowest BCUT2D eigenvalue weighted by Crippen LogP contribution is -2.37. The minimum absolute atomic E-state index is 0.276. The van der Waals surface area contributed by atoms with Crippen molar-refractivity contribution < 1.29 is 14.3 Å². The number of benzene rings is 1. The molecule has 1 aromatic heterocycles. The van der Waals surface area contributed by atoms with Crippen LogP contribution in [0.2, 0.25) is 0 Å². The maximum absolute atomic E-state index is 12.5. The molecule has 6 heteroatoms. The number of aromatic nitrogens is 1. The number of carbonyl (C=O) groups excluding carboxylic acids is 2. The van der Waals surface area contributed by atoms with Gasteiger partial charge in [-0.2, -0.15) is 0 Å². The smallest absolute Gasteiger partial charge is 0.324 e. The highest BCUT2D eigenvalue weighted by Crippen LogP contribution is 2.37. The van der Waals surface area contributed by atoms with Gasteiger partial charge in [-0.1, -0.05) is 24.3 Å². The fourth-order valence-electron chi connectivity index (χ4n) is 2.90. The summed E-state index contributed by atoms with van der Waals surface area (Å²) in [6.45, 7) is 2.10. The number of amides is 1. The van der Waals surface area contributed by atoms with Crippen LogP contribution in [0.4, 0.5) is 0 Å². The van der Waals surface area contributed by atoms with Crippen LogP contribution in [-0.2, 0) is 27.2 Å². The van der Waals surface area contributed by atoms with Crippen molar-refractivity contribution in [3.05, 3.63) is 65.5 Å². The molecule has 0 fully saturated rings. The first-order valence-electron chi connectivity index (χ1n) is 8.71. The van der Waals surface area contributed by atoms with Crippen LogP contribution in [0.5, 0.6) is 0 Å². The van der Waals surface area contributed by atoms with Gasteiger partial charge in [0.05, 0.1) is 0 Å². The number of fused-ring (bicyclic) bond motifs is 1. The van der Waals surface area contributed by atoms with E-state index in [-0.39, 0.29) is 17.1 Å². The molecule has 1 N–H and O–H groups in total. The molecule has 136 valence electrons. The van der Waals surface area contributed by atoms with E-state index in [1.54, 1.807) is 31.1 Å². The molecule has 0 radical (unpaired) electrons. The highest BCUT2D eigenvalue weighted by atomic mass is 32.2. The minimum Gasteiger partial charge on any atom is -0.451 e. The number of pyridine rings is 1. The molecule has 26 heavy (non-hydrogen) atoms. The lowest BCUT2D eigenvalue weighted by atomic mass is 10.0. The van der Waals surface area contributed by atoms with Crippen molar-refractivity contribution in [2.24, 2.45) is 0 Å². The first-order chi connectivity index (χ1) is 12.6. The predicted molar refractivity (Wildman–Crippen MR) is 102 cm³/mol. The van der Waals surface area contributed by atoms with E-state index in [1.807, 2.05) is 36.4 Å². The zero-order valence-electron chi connectivity index (χ0n) is 14.7. The summed E-state index contributed by atoms with van der Waals surface area (Å²) in [7, 11) is 0. The summed E-state index contributed by atoms with van der Waals surface area (Å²) in [6, 6.07) is 11.7. The lowest BCUT2D eigenvalue weighted by molar-refractivity contribution is -0.154. The standard InChI is InChI=1S/C20H22N2O3S/c1-14(19(23)22-12-8-15-6-10-21-11-7-15)25-20(24)18-17-5-3-2-4-16(17)9-13-26-18/h2-7,10-11,14,18H,8-9,12-13H2,1H3,(H,22,23)/t14-,18+/m1/s1. The number of hydrogen-bond acceptors (Lipinski definition) is 5. The Morgan fingerprint density at radius 1 is 1.27 bits per heavy atom. The van der Waals surface area contributed by atoms with Crippen molar-refractivity contribution in [1.29, 1.82) is 0 Å². The first-order valence-corrected chi connectivity index (χ1v) is 9.76.